The zero-order chi connectivity index (χ0) is 16.2. The fourth-order valence-corrected chi connectivity index (χ4v) is 3.07. The summed E-state index contributed by atoms with van der Waals surface area (Å²) in [6, 6.07) is 4.05. The van der Waals surface area contributed by atoms with E-state index in [4.69, 9.17) is 0 Å². The molecular weight excluding hydrogens is 415 g/mol. The second-order valence-corrected chi connectivity index (χ2v) is 6.05. The zero-order valence-corrected chi connectivity index (χ0v) is 16.8. The highest BCUT2D eigenvalue weighted by Crippen LogP contribution is 2.26. The van der Waals surface area contributed by atoms with Gasteiger partial charge in [0, 0.05) is 45.5 Å². The molecule has 130 valence electrons. The van der Waals surface area contributed by atoms with Crippen molar-refractivity contribution in [3.8, 4) is 0 Å². The standard InChI is InChI=1S/C17H24N6.HI/c1-13-5-4-7-19-16(13)10-20-17(18-2)23-8-6-14(12-23)15-9-21-22(3)11-15;/h4-5,7,9,11,14H,6,8,10,12H2,1-3H3,(H,18,20);1H. The molecule has 2 aromatic rings. The lowest BCUT2D eigenvalue weighted by atomic mass is 10.0. The van der Waals surface area contributed by atoms with Gasteiger partial charge < -0.3 is 10.2 Å². The third kappa shape index (κ3) is 4.25. The molecule has 3 rings (SSSR count). The SMILES string of the molecule is CN=C(NCc1ncccc1C)N1CCC(c2cnn(C)c2)C1.I. The van der Waals surface area contributed by atoms with Crippen LogP contribution in [0.2, 0.25) is 0 Å². The molecule has 1 saturated heterocycles. The maximum atomic E-state index is 4.43. The Balaban J connectivity index is 0.00000208. The fourth-order valence-electron chi connectivity index (χ4n) is 3.07. The molecule has 0 bridgehead atoms. The van der Waals surface area contributed by atoms with E-state index in [1.165, 1.54) is 11.1 Å². The Kier molecular flexibility index (Phi) is 6.59. The molecule has 1 fully saturated rings. The number of hydrogen-bond donors (Lipinski definition) is 1. The predicted octanol–water partition coefficient (Wildman–Crippen LogP) is 2.31. The number of pyridine rings is 1. The average molecular weight is 440 g/mol. The van der Waals surface area contributed by atoms with Crippen LogP contribution in [0.25, 0.3) is 0 Å². The Morgan fingerprint density at radius 3 is 2.96 bits per heavy atom. The highest BCUT2D eigenvalue weighted by Gasteiger charge is 2.26. The largest absolute Gasteiger partial charge is 0.351 e. The monoisotopic (exact) mass is 440 g/mol. The van der Waals surface area contributed by atoms with Crippen LogP contribution in [-0.4, -0.2) is 45.8 Å². The van der Waals surface area contributed by atoms with Gasteiger partial charge in [0.25, 0.3) is 0 Å². The van der Waals surface area contributed by atoms with Gasteiger partial charge in [-0.3, -0.25) is 14.7 Å². The zero-order valence-electron chi connectivity index (χ0n) is 14.4. The molecule has 0 aromatic carbocycles. The van der Waals surface area contributed by atoms with Crippen LogP contribution in [0.4, 0.5) is 0 Å². The summed E-state index contributed by atoms with van der Waals surface area (Å²) in [7, 11) is 3.80. The summed E-state index contributed by atoms with van der Waals surface area (Å²) in [6.45, 7) is 4.78. The summed E-state index contributed by atoms with van der Waals surface area (Å²) >= 11 is 0. The number of aromatic nitrogens is 3. The van der Waals surface area contributed by atoms with Crippen molar-refractivity contribution in [1.29, 1.82) is 0 Å². The van der Waals surface area contributed by atoms with Crippen molar-refractivity contribution >= 4 is 29.9 Å². The van der Waals surface area contributed by atoms with Crippen molar-refractivity contribution < 1.29 is 0 Å². The summed E-state index contributed by atoms with van der Waals surface area (Å²) < 4.78 is 1.87. The Morgan fingerprint density at radius 1 is 1.46 bits per heavy atom. The predicted molar refractivity (Wildman–Crippen MR) is 107 cm³/mol. The van der Waals surface area contributed by atoms with Crippen molar-refractivity contribution in [2.45, 2.75) is 25.8 Å². The van der Waals surface area contributed by atoms with Crippen LogP contribution in [0.15, 0.2) is 35.7 Å². The molecule has 3 heterocycles. The minimum atomic E-state index is 0. The Labute approximate surface area is 160 Å². The number of aliphatic imine (C=N–C) groups is 1. The van der Waals surface area contributed by atoms with Crippen molar-refractivity contribution in [2.24, 2.45) is 12.0 Å². The molecule has 6 nitrogen and oxygen atoms in total. The van der Waals surface area contributed by atoms with Gasteiger partial charge in [0.05, 0.1) is 18.4 Å². The lowest BCUT2D eigenvalue weighted by molar-refractivity contribution is 0.485. The Hall–Kier alpha value is -1.64. The van der Waals surface area contributed by atoms with Crippen LogP contribution >= 0.6 is 24.0 Å². The van der Waals surface area contributed by atoms with E-state index < -0.39 is 0 Å². The van der Waals surface area contributed by atoms with E-state index in [0.29, 0.717) is 12.5 Å². The molecule has 1 unspecified atom stereocenters. The van der Waals surface area contributed by atoms with Crippen LogP contribution in [0.3, 0.4) is 0 Å². The lowest BCUT2D eigenvalue weighted by Crippen LogP contribution is -2.39. The molecule has 1 N–H and O–H groups in total. The number of hydrogen-bond acceptors (Lipinski definition) is 3. The van der Waals surface area contributed by atoms with Gasteiger partial charge in [0.15, 0.2) is 5.96 Å². The van der Waals surface area contributed by atoms with Crippen molar-refractivity contribution in [1.82, 2.24) is 25.0 Å². The second-order valence-electron chi connectivity index (χ2n) is 6.05. The first-order chi connectivity index (χ1) is 11.2. The molecule has 0 radical (unpaired) electrons. The van der Waals surface area contributed by atoms with Crippen molar-refractivity contribution in [3.05, 3.63) is 47.5 Å². The third-order valence-corrected chi connectivity index (χ3v) is 4.43. The van der Waals surface area contributed by atoms with Gasteiger partial charge in [0.1, 0.15) is 0 Å². The van der Waals surface area contributed by atoms with Crippen LogP contribution in [-0.2, 0) is 13.6 Å². The average Bonchev–Trinajstić information content (AvgIpc) is 3.19. The number of nitrogens with zero attached hydrogens (tertiary/aromatic N) is 5. The molecule has 0 saturated carbocycles. The molecule has 24 heavy (non-hydrogen) atoms. The summed E-state index contributed by atoms with van der Waals surface area (Å²) in [6.07, 6.45) is 7.05. The summed E-state index contributed by atoms with van der Waals surface area (Å²) in [5.41, 5.74) is 3.58. The molecule has 1 aliphatic heterocycles. The Bertz CT molecular complexity index is 696. The minimum absolute atomic E-state index is 0. The van der Waals surface area contributed by atoms with E-state index >= 15 is 0 Å². The maximum Gasteiger partial charge on any atom is 0.193 e. The van der Waals surface area contributed by atoms with E-state index in [1.54, 1.807) is 0 Å². The van der Waals surface area contributed by atoms with E-state index in [0.717, 1.165) is 31.2 Å². The van der Waals surface area contributed by atoms with Crippen LogP contribution in [0, 0.1) is 6.92 Å². The lowest BCUT2D eigenvalue weighted by Gasteiger charge is -2.21. The molecule has 7 heteroatoms. The number of nitrogens with one attached hydrogen (secondary N) is 1. The molecule has 0 spiro atoms. The fraction of sp³-hybridized carbons (Fsp3) is 0.471. The number of guanidine groups is 1. The van der Waals surface area contributed by atoms with E-state index in [1.807, 2.05) is 37.2 Å². The molecule has 0 amide bonds. The number of halogens is 1. The maximum absolute atomic E-state index is 4.43. The first kappa shape index (κ1) is 18.7. The van der Waals surface area contributed by atoms with E-state index in [9.17, 15) is 0 Å². The van der Waals surface area contributed by atoms with Crippen LogP contribution < -0.4 is 5.32 Å². The minimum Gasteiger partial charge on any atom is -0.351 e. The van der Waals surface area contributed by atoms with Gasteiger partial charge in [0.2, 0.25) is 0 Å². The van der Waals surface area contributed by atoms with E-state index in [-0.39, 0.29) is 24.0 Å². The topological polar surface area (TPSA) is 58.3 Å². The summed E-state index contributed by atoms with van der Waals surface area (Å²) in [5.74, 6) is 1.47. The van der Waals surface area contributed by atoms with Gasteiger partial charge in [-0.25, -0.2) is 0 Å². The molecule has 2 aromatic heterocycles. The van der Waals surface area contributed by atoms with Crippen molar-refractivity contribution in [3.63, 3.8) is 0 Å². The molecule has 1 atom stereocenters. The molecular formula is C17H25IN6. The van der Waals surface area contributed by atoms with Gasteiger partial charge in [-0.1, -0.05) is 6.07 Å². The first-order valence-corrected chi connectivity index (χ1v) is 8.02. The van der Waals surface area contributed by atoms with Gasteiger partial charge in [-0.2, -0.15) is 5.10 Å². The highest BCUT2D eigenvalue weighted by atomic mass is 127. The number of likely N-dealkylation sites (tertiary alicyclic amines) is 1. The quantitative estimate of drug-likeness (QED) is 0.452. The van der Waals surface area contributed by atoms with E-state index in [2.05, 4.69) is 44.5 Å². The Morgan fingerprint density at radius 2 is 2.29 bits per heavy atom. The summed E-state index contributed by atoms with van der Waals surface area (Å²) in [5, 5.41) is 7.72. The normalized spacial score (nSPS) is 17.7. The van der Waals surface area contributed by atoms with Gasteiger partial charge >= 0.3 is 0 Å². The smallest absolute Gasteiger partial charge is 0.193 e. The number of rotatable bonds is 3. The van der Waals surface area contributed by atoms with Gasteiger partial charge in [-0.15, -0.1) is 24.0 Å². The van der Waals surface area contributed by atoms with Gasteiger partial charge in [-0.05, 0) is 30.5 Å². The van der Waals surface area contributed by atoms with Crippen LogP contribution in [0.1, 0.15) is 29.2 Å². The highest BCUT2D eigenvalue weighted by molar-refractivity contribution is 14.0. The molecule has 0 aliphatic carbocycles. The summed E-state index contributed by atoms with van der Waals surface area (Å²) in [4.78, 5) is 11.2. The third-order valence-electron chi connectivity index (χ3n) is 4.43. The van der Waals surface area contributed by atoms with Crippen molar-refractivity contribution in [2.75, 3.05) is 20.1 Å². The molecule has 1 aliphatic rings. The number of aryl methyl sites for hydroxylation is 2. The second kappa shape index (κ2) is 8.46. The first-order valence-electron chi connectivity index (χ1n) is 8.02. The van der Waals surface area contributed by atoms with Crippen LogP contribution in [0.5, 0.6) is 0 Å².